The van der Waals surface area contributed by atoms with Crippen molar-refractivity contribution >= 4 is 35.3 Å². The van der Waals surface area contributed by atoms with Gasteiger partial charge in [-0.25, -0.2) is 0 Å². The zero-order chi connectivity index (χ0) is 35.6. The van der Waals surface area contributed by atoms with Crippen molar-refractivity contribution in [1.82, 2.24) is 0 Å². The van der Waals surface area contributed by atoms with Gasteiger partial charge in [0.25, 0.3) is 0 Å². The number of aliphatic hydroxyl groups is 12. The molecule has 0 bridgehead atoms. The summed E-state index contributed by atoms with van der Waals surface area (Å²) in [4.78, 5) is 0. The molecule has 1 aromatic rings. The number of hydrogen-bond donors (Lipinski definition) is 12. The molecule has 0 aliphatic carbocycles. The summed E-state index contributed by atoms with van der Waals surface area (Å²) in [6.07, 6.45) is -21.5. The van der Waals surface area contributed by atoms with Gasteiger partial charge in [0.2, 0.25) is 0 Å². The lowest BCUT2D eigenvalue weighted by Gasteiger charge is -2.38. The van der Waals surface area contributed by atoms with Gasteiger partial charge < -0.3 is 75.5 Å². The van der Waals surface area contributed by atoms with Gasteiger partial charge in [-0.15, -0.1) is 0 Å². The van der Waals surface area contributed by atoms with E-state index in [2.05, 4.69) is 0 Å². The molecule has 3 aliphatic rings. The van der Waals surface area contributed by atoms with E-state index in [0.29, 0.717) is 17.3 Å². The molecule has 4 rings (SSSR count). The normalized spacial score (nSPS) is 40.7. The molecule has 0 unspecified atom stereocenters. The van der Waals surface area contributed by atoms with Crippen molar-refractivity contribution < 1.29 is 75.5 Å². The Morgan fingerprint density at radius 2 is 0.604 bits per heavy atom. The molecule has 15 nitrogen and oxygen atoms in total. The number of thioether (sulfide) groups is 3. The highest BCUT2D eigenvalue weighted by atomic mass is 32.2. The SMILES string of the molecule is Cc1c(CSC[C@H]2O[C@H](O)[C@H](O)[C@@H](O)[C@H]2O)c(C)c(CSC[C@H]2O[C@H](O)[C@H](O)[C@@H](O)[C@H]2O)c(C)c1CSC[C@H]1O[C@H](O)[C@H](O)[C@@H](O)[C@H]1O. The third-order valence-corrected chi connectivity index (χ3v) is 12.5. The summed E-state index contributed by atoms with van der Waals surface area (Å²) in [7, 11) is 0. The Kier molecular flexibility index (Phi) is 14.7. The molecular weight excluding hydrogens is 697 g/mol. The second-order valence-electron chi connectivity index (χ2n) is 12.5. The fourth-order valence-electron chi connectivity index (χ4n) is 6.08. The van der Waals surface area contributed by atoms with Crippen molar-refractivity contribution in [2.75, 3.05) is 17.3 Å². The molecule has 0 spiro atoms. The Bertz CT molecular complexity index is 1050. The fraction of sp³-hybridized carbons (Fsp3) is 0.800. The summed E-state index contributed by atoms with van der Waals surface area (Å²) >= 11 is 4.20. The minimum Gasteiger partial charge on any atom is -0.388 e. The predicted octanol–water partition coefficient (Wildman–Crippen LogP) is -3.29. The Balaban J connectivity index is 1.51. The lowest BCUT2D eigenvalue weighted by atomic mass is 9.90. The van der Waals surface area contributed by atoms with Gasteiger partial charge in [-0.1, -0.05) is 0 Å². The number of ether oxygens (including phenoxy) is 3. The van der Waals surface area contributed by atoms with Crippen LogP contribution in [0.4, 0.5) is 0 Å². The van der Waals surface area contributed by atoms with Crippen molar-refractivity contribution in [2.45, 2.75) is 130 Å². The van der Waals surface area contributed by atoms with E-state index in [9.17, 15) is 61.3 Å². The molecule has 3 fully saturated rings. The molecule has 3 aliphatic heterocycles. The van der Waals surface area contributed by atoms with Gasteiger partial charge in [0, 0.05) is 34.5 Å². The van der Waals surface area contributed by atoms with Crippen molar-refractivity contribution in [3.8, 4) is 0 Å². The maximum atomic E-state index is 10.4. The van der Waals surface area contributed by atoms with Crippen LogP contribution in [-0.4, -0.2) is 171 Å². The van der Waals surface area contributed by atoms with Gasteiger partial charge in [-0.3, -0.25) is 0 Å². The Morgan fingerprint density at radius 1 is 0.375 bits per heavy atom. The van der Waals surface area contributed by atoms with Crippen LogP contribution in [0.25, 0.3) is 0 Å². The number of hydrogen-bond acceptors (Lipinski definition) is 18. The highest BCUT2D eigenvalue weighted by Crippen LogP contribution is 2.36. The average Bonchev–Trinajstić information content (AvgIpc) is 3.05. The second kappa shape index (κ2) is 17.5. The number of rotatable bonds is 12. The number of aliphatic hydroxyl groups excluding tert-OH is 12. The summed E-state index contributed by atoms with van der Waals surface area (Å²) in [6, 6.07) is 0. The summed E-state index contributed by atoms with van der Waals surface area (Å²) in [6.45, 7) is 5.90. The average molecular weight is 745 g/mol. The molecule has 0 saturated carbocycles. The minimum atomic E-state index is -1.64. The first kappa shape index (κ1) is 40.4. The van der Waals surface area contributed by atoms with Crippen LogP contribution in [0.3, 0.4) is 0 Å². The molecule has 12 N–H and O–H groups in total. The van der Waals surface area contributed by atoms with Crippen LogP contribution >= 0.6 is 35.3 Å². The molecule has 0 aromatic heterocycles. The van der Waals surface area contributed by atoms with E-state index in [1.165, 1.54) is 35.3 Å². The molecule has 48 heavy (non-hydrogen) atoms. The smallest absolute Gasteiger partial charge is 0.183 e. The quantitative estimate of drug-likeness (QED) is 0.100. The standard InChI is InChI=1S/C30H48O15S3/c1-10-13(4-46-7-16-19(31)22(34)25(37)28(40)43-16)11(2)15(6-48-9-18-21(33)24(36)27(39)30(42)45-18)12(3)14(10)5-47-8-17-20(32)23(35)26(38)29(41)44-17/h16-42H,4-9H2,1-3H3/t16-,17-,18-,19+,20+,21+,22+,23+,24+,25-,26-,27-,28+,29+,30+/m1/s1. The van der Waals surface area contributed by atoms with E-state index in [1.54, 1.807) is 0 Å². The van der Waals surface area contributed by atoms with Gasteiger partial charge in [0.05, 0.1) is 18.3 Å². The highest BCUT2D eigenvalue weighted by molar-refractivity contribution is 7.99. The zero-order valence-electron chi connectivity index (χ0n) is 26.7. The lowest BCUT2D eigenvalue weighted by molar-refractivity contribution is -0.276. The maximum absolute atomic E-state index is 10.4. The van der Waals surface area contributed by atoms with E-state index in [4.69, 9.17) is 14.2 Å². The molecule has 18 heteroatoms. The monoisotopic (exact) mass is 744 g/mol. The lowest BCUT2D eigenvalue weighted by Crippen LogP contribution is -2.58. The summed E-state index contributed by atoms with van der Waals surface area (Å²) in [5.74, 6) is 1.96. The fourth-order valence-corrected chi connectivity index (χ4v) is 9.87. The molecular formula is C30H48O15S3. The van der Waals surface area contributed by atoms with Gasteiger partial charge >= 0.3 is 0 Å². The van der Waals surface area contributed by atoms with E-state index in [-0.39, 0.29) is 17.3 Å². The maximum Gasteiger partial charge on any atom is 0.183 e. The van der Waals surface area contributed by atoms with E-state index in [0.717, 1.165) is 33.4 Å². The summed E-state index contributed by atoms with van der Waals surface area (Å²) < 4.78 is 16.0. The van der Waals surface area contributed by atoms with Crippen LogP contribution in [0.1, 0.15) is 33.4 Å². The van der Waals surface area contributed by atoms with Crippen LogP contribution in [0, 0.1) is 20.8 Å². The first-order chi connectivity index (χ1) is 22.6. The van der Waals surface area contributed by atoms with Gasteiger partial charge in [-0.05, 0) is 54.2 Å². The molecule has 1 aromatic carbocycles. The molecule has 15 atom stereocenters. The zero-order valence-corrected chi connectivity index (χ0v) is 29.2. The molecule has 3 heterocycles. The molecule has 0 radical (unpaired) electrons. The second-order valence-corrected chi connectivity index (χ2v) is 15.6. The Labute approximate surface area is 290 Å². The third-order valence-electron chi connectivity index (χ3n) is 9.36. The predicted molar refractivity (Wildman–Crippen MR) is 176 cm³/mol. The van der Waals surface area contributed by atoms with Crippen LogP contribution in [0.2, 0.25) is 0 Å². The van der Waals surface area contributed by atoms with Crippen molar-refractivity contribution in [3.63, 3.8) is 0 Å². The van der Waals surface area contributed by atoms with Crippen molar-refractivity contribution in [3.05, 3.63) is 33.4 Å². The first-order valence-corrected chi connectivity index (χ1v) is 19.0. The van der Waals surface area contributed by atoms with Crippen molar-refractivity contribution in [1.29, 1.82) is 0 Å². The van der Waals surface area contributed by atoms with E-state index in [1.807, 2.05) is 20.8 Å². The Hall–Kier alpha value is -0.330. The first-order valence-electron chi connectivity index (χ1n) is 15.5. The third kappa shape index (κ3) is 8.82. The highest BCUT2D eigenvalue weighted by Gasteiger charge is 2.45. The van der Waals surface area contributed by atoms with Gasteiger partial charge in [0.15, 0.2) is 18.9 Å². The number of benzene rings is 1. The topological polar surface area (TPSA) is 270 Å². The van der Waals surface area contributed by atoms with Gasteiger partial charge in [0.1, 0.15) is 54.9 Å². The summed E-state index contributed by atoms with van der Waals surface area (Å²) in [5, 5.41) is 121. The Morgan fingerprint density at radius 3 is 0.833 bits per heavy atom. The van der Waals surface area contributed by atoms with Crippen LogP contribution in [-0.2, 0) is 31.5 Å². The van der Waals surface area contributed by atoms with Gasteiger partial charge in [-0.2, -0.15) is 35.3 Å². The molecule has 3 saturated heterocycles. The van der Waals surface area contributed by atoms with E-state index >= 15 is 0 Å². The van der Waals surface area contributed by atoms with Crippen LogP contribution in [0.5, 0.6) is 0 Å². The minimum absolute atomic E-state index is 0.198. The molecule has 0 amide bonds. The molecule has 276 valence electrons. The van der Waals surface area contributed by atoms with E-state index < -0.39 is 92.1 Å². The van der Waals surface area contributed by atoms with Crippen molar-refractivity contribution in [2.24, 2.45) is 0 Å². The van der Waals surface area contributed by atoms with Crippen LogP contribution < -0.4 is 0 Å². The largest absolute Gasteiger partial charge is 0.388 e. The summed E-state index contributed by atoms with van der Waals surface area (Å²) in [5.41, 5.74) is 5.88. The van der Waals surface area contributed by atoms with Crippen LogP contribution in [0.15, 0.2) is 0 Å².